The fourth-order valence-electron chi connectivity index (χ4n) is 9.47. The van der Waals surface area contributed by atoms with Crippen molar-refractivity contribution in [3.8, 4) is 5.75 Å². The summed E-state index contributed by atoms with van der Waals surface area (Å²) in [6.45, 7) is 8.99. The van der Waals surface area contributed by atoms with E-state index in [2.05, 4.69) is 36.1 Å². The Morgan fingerprint density at radius 1 is 0.952 bits per heavy atom. The van der Waals surface area contributed by atoms with E-state index in [0.717, 1.165) is 63.1 Å². The van der Waals surface area contributed by atoms with Crippen molar-refractivity contribution in [1.82, 2.24) is 30.0 Å². The summed E-state index contributed by atoms with van der Waals surface area (Å²) >= 11 is 0. The molecule has 6 heterocycles. The lowest BCUT2D eigenvalue weighted by Crippen LogP contribution is -2.54. The molecule has 6 N–H and O–H groups in total. The number of anilines is 5. The summed E-state index contributed by atoms with van der Waals surface area (Å²) in [6, 6.07) is 11.5. The maximum Gasteiger partial charge on any atom is 0.271 e. The van der Waals surface area contributed by atoms with Gasteiger partial charge in [-0.3, -0.25) is 34.2 Å². The van der Waals surface area contributed by atoms with Crippen molar-refractivity contribution < 1.29 is 33.4 Å². The number of imide groups is 1. The summed E-state index contributed by atoms with van der Waals surface area (Å²) < 4.78 is 11.4. The van der Waals surface area contributed by atoms with Crippen molar-refractivity contribution in [2.75, 3.05) is 87.0 Å². The topological polar surface area (TPSA) is 217 Å². The van der Waals surface area contributed by atoms with Gasteiger partial charge in [-0.1, -0.05) is 19.1 Å². The third kappa shape index (κ3) is 9.81. The lowest BCUT2D eigenvalue weighted by atomic mass is 10.0. The second kappa shape index (κ2) is 19.6. The highest BCUT2D eigenvalue weighted by atomic mass is 16.5. The second-order valence-electron chi connectivity index (χ2n) is 16.9. The fourth-order valence-corrected chi connectivity index (χ4v) is 9.47. The van der Waals surface area contributed by atoms with Crippen molar-refractivity contribution in [2.45, 2.75) is 89.4 Å². The van der Waals surface area contributed by atoms with Crippen LogP contribution in [0.4, 0.5) is 28.7 Å². The molecule has 5 amide bonds. The molecule has 5 aliphatic rings. The largest absolute Gasteiger partial charge is 0.495 e. The number of carbonyl (C=O) groups excluding carboxylic acids is 5. The molecule has 1 aromatic heterocycles. The number of rotatable bonds is 15. The molecule has 18 nitrogen and oxygen atoms in total. The molecular weight excluding hydrogens is 807 g/mol. The van der Waals surface area contributed by atoms with E-state index in [1.165, 1.54) is 0 Å². The molecule has 1 unspecified atom stereocenters. The van der Waals surface area contributed by atoms with Crippen molar-refractivity contribution in [3.63, 3.8) is 0 Å². The van der Waals surface area contributed by atoms with Crippen LogP contribution < -0.4 is 36.6 Å². The van der Waals surface area contributed by atoms with Crippen LogP contribution in [0.1, 0.15) is 90.4 Å². The minimum Gasteiger partial charge on any atom is -0.495 e. The van der Waals surface area contributed by atoms with E-state index in [9.17, 15) is 24.0 Å². The fraction of sp³-hybridized carbons (Fsp3) is 0.533. The lowest BCUT2D eigenvalue weighted by molar-refractivity contribution is -0.137. The molecule has 8 rings (SSSR count). The highest BCUT2D eigenvalue weighted by Crippen LogP contribution is 2.36. The minimum atomic E-state index is -0.661. The molecule has 5 aliphatic heterocycles. The quantitative estimate of drug-likeness (QED) is 0.110. The van der Waals surface area contributed by atoms with Gasteiger partial charge in [-0.2, -0.15) is 0 Å². The van der Waals surface area contributed by atoms with Crippen LogP contribution in [0.3, 0.4) is 0 Å². The van der Waals surface area contributed by atoms with Gasteiger partial charge in [0.1, 0.15) is 11.8 Å². The standard InChI is InChI=1S/C45H59N11O7/c1-3-32-42(48-29-15-24-63-25-16-29)52-43(40(50-32)41(46)59)49-30-9-10-34(36(26-30)62-2)54-18-13-31(14-19-54)53-20-22-55(23-21-53)38(58)8-5-17-47-33-7-4-6-28-27-56(45(61)39(28)33)35-11-12-37(57)51-44(35)60/h4,6-7,9-10,26,29,31,35,47H,3,5,8,11-25,27H2,1-2H3,(H2,46,59)(H2,48,49,52)(H,51,57,60). The molecule has 0 spiro atoms. The summed E-state index contributed by atoms with van der Waals surface area (Å²) in [5.74, 6) is 0.155. The van der Waals surface area contributed by atoms with Crippen molar-refractivity contribution >= 4 is 58.2 Å². The number of nitrogens with two attached hydrogens (primary N) is 1. The van der Waals surface area contributed by atoms with Crippen LogP contribution >= 0.6 is 0 Å². The Morgan fingerprint density at radius 2 is 1.73 bits per heavy atom. The Balaban J connectivity index is 0.790. The number of nitrogens with zero attached hydrogens (tertiary/aromatic N) is 6. The van der Waals surface area contributed by atoms with Crippen LogP contribution in [0, 0.1) is 0 Å². The Morgan fingerprint density at radius 3 is 2.44 bits per heavy atom. The van der Waals surface area contributed by atoms with Crippen LogP contribution in [0.25, 0.3) is 0 Å². The number of methoxy groups -OCH3 is 1. The number of carbonyl (C=O) groups is 5. The lowest BCUT2D eigenvalue weighted by Gasteiger charge is -2.43. The monoisotopic (exact) mass is 865 g/mol. The highest BCUT2D eigenvalue weighted by molar-refractivity contribution is 6.08. The van der Waals surface area contributed by atoms with E-state index >= 15 is 0 Å². The summed E-state index contributed by atoms with van der Waals surface area (Å²) in [7, 11) is 1.66. The normalized spacial score (nSPS) is 20.1. The van der Waals surface area contributed by atoms with E-state index in [1.54, 1.807) is 12.0 Å². The van der Waals surface area contributed by atoms with Crippen LogP contribution in [0.5, 0.6) is 5.75 Å². The van der Waals surface area contributed by atoms with Crippen LogP contribution in [-0.2, 0) is 32.1 Å². The first-order chi connectivity index (χ1) is 30.6. The first kappa shape index (κ1) is 43.6. The molecule has 0 aliphatic carbocycles. The number of hydrogen-bond acceptors (Lipinski definition) is 14. The van der Waals surface area contributed by atoms with Crippen LogP contribution in [-0.4, -0.2) is 138 Å². The number of aromatic nitrogens is 2. The van der Waals surface area contributed by atoms with E-state index < -0.39 is 17.9 Å². The summed E-state index contributed by atoms with van der Waals surface area (Å²) in [5, 5.41) is 12.5. The van der Waals surface area contributed by atoms with Gasteiger partial charge in [0.2, 0.25) is 17.7 Å². The molecule has 4 saturated heterocycles. The Hall–Kier alpha value is -6.01. The Labute approximate surface area is 367 Å². The summed E-state index contributed by atoms with van der Waals surface area (Å²) in [6.07, 6.45) is 5.86. The van der Waals surface area contributed by atoms with Gasteiger partial charge in [0.25, 0.3) is 11.8 Å². The van der Waals surface area contributed by atoms with E-state index in [0.29, 0.717) is 105 Å². The van der Waals surface area contributed by atoms with Gasteiger partial charge >= 0.3 is 0 Å². The van der Waals surface area contributed by atoms with Gasteiger partial charge in [-0.05, 0) is 68.7 Å². The van der Waals surface area contributed by atoms with Crippen molar-refractivity contribution in [3.05, 3.63) is 58.9 Å². The zero-order valence-corrected chi connectivity index (χ0v) is 36.2. The molecule has 18 heteroatoms. The SMILES string of the molecule is CCc1nc(C(N)=O)c(Nc2ccc(N3CCC(N4CCN(C(=O)CCCNc5cccc6c5C(=O)N(C5CCC(=O)NC5=O)C6)CC4)CC3)c(OC)c2)nc1NC1CCOCC1. The number of aryl methyl sites for hydroxylation is 1. The molecule has 63 heavy (non-hydrogen) atoms. The highest BCUT2D eigenvalue weighted by Gasteiger charge is 2.40. The van der Waals surface area contributed by atoms with E-state index in [1.807, 2.05) is 48.2 Å². The van der Waals surface area contributed by atoms with Gasteiger partial charge in [-0.15, -0.1) is 0 Å². The molecule has 336 valence electrons. The zero-order chi connectivity index (χ0) is 44.0. The predicted octanol–water partition coefficient (Wildman–Crippen LogP) is 3.25. The molecule has 0 saturated carbocycles. The van der Waals surface area contributed by atoms with Gasteiger partial charge < -0.3 is 45.9 Å². The summed E-state index contributed by atoms with van der Waals surface area (Å²) in [5.41, 5.74) is 10.3. The first-order valence-corrected chi connectivity index (χ1v) is 22.4. The number of piperidine rings is 2. The number of fused-ring (bicyclic) bond motifs is 1. The maximum atomic E-state index is 13.4. The third-order valence-corrected chi connectivity index (χ3v) is 13.0. The van der Waals surface area contributed by atoms with Gasteiger partial charge in [0, 0.05) is 108 Å². The van der Waals surface area contributed by atoms with Gasteiger partial charge in [0.05, 0.1) is 24.1 Å². The smallest absolute Gasteiger partial charge is 0.271 e. The summed E-state index contributed by atoms with van der Waals surface area (Å²) in [4.78, 5) is 81.1. The molecular formula is C45H59N11O7. The Bertz CT molecular complexity index is 2200. The molecule has 4 fully saturated rings. The number of primary amides is 1. The van der Waals surface area contributed by atoms with Crippen LogP contribution in [0.2, 0.25) is 0 Å². The molecule has 0 radical (unpaired) electrons. The number of hydrogen-bond donors (Lipinski definition) is 5. The predicted molar refractivity (Wildman–Crippen MR) is 237 cm³/mol. The molecule has 2 aromatic carbocycles. The minimum absolute atomic E-state index is 0.0852. The van der Waals surface area contributed by atoms with Gasteiger partial charge in [-0.25, -0.2) is 9.97 Å². The average molecular weight is 866 g/mol. The van der Waals surface area contributed by atoms with E-state index in [4.69, 9.17) is 20.2 Å². The number of benzene rings is 2. The maximum absolute atomic E-state index is 13.4. The van der Waals surface area contributed by atoms with Crippen molar-refractivity contribution in [1.29, 1.82) is 0 Å². The Kier molecular flexibility index (Phi) is 13.6. The third-order valence-electron chi connectivity index (χ3n) is 13.0. The van der Waals surface area contributed by atoms with E-state index in [-0.39, 0.29) is 41.7 Å². The number of amides is 5. The van der Waals surface area contributed by atoms with Crippen LogP contribution in [0.15, 0.2) is 36.4 Å². The number of nitrogens with one attached hydrogen (secondary N) is 4. The molecule has 0 bridgehead atoms. The van der Waals surface area contributed by atoms with Gasteiger partial charge in [0.15, 0.2) is 17.3 Å². The molecule has 1 atom stereocenters. The second-order valence-corrected chi connectivity index (χ2v) is 16.9. The first-order valence-electron chi connectivity index (χ1n) is 22.4. The number of piperazine rings is 1. The number of ether oxygens (including phenoxy) is 2. The average Bonchev–Trinajstić information content (AvgIpc) is 3.64. The molecule has 3 aromatic rings. The zero-order valence-electron chi connectivity index (χ0n) is 36.2. The van der Waals surface area contributed by atoms with Crippen molar-refractivity contribution in [2.24, 2.45) is 5.73 Å².